The van der Waals surface area contributed by atoms with Crippen molar-refractivity contribution in [3.63, 3.8) is 0 Å². The van der Waals surface area contributed by atoms with E-state index in [1.807, 2.05) is 0 Å². The Kier molecular flexibility index (Phi) is 2.69. The van der Waals surface area contributed by atoms with Crippen LogP contribution in [-0.2, 0) is 4.79 Å². The van der Waals surface area contributed by atoms with Crippen LogP contribution in [0.4, 0.5) is 0 Å². The van der Waals surface area contributed by atoms with Gasteiger partial charge in [-0.05, 0) is 49.9 Å². The van der Waals surface area contributed by atoms with Crippen LogP contribution in [0.15, 0.2) is 18.2 Å². The fourth-order valence-electron chi connectivity index (χ4n) is 3.54. The molecule has 2 saturated carbocycles. The molecule has 0 aromatic heterocycles. The van der Waals surface area contributed by atoms with Crippen LogP contribution in [0.3, 0.4) is 0 Å². The summed E-state index contributed by atoms with van der Waals surface area (Å²) in [6.07, 6.45) is 5.14. The van der Waals surface area contributed by atoms with Gasteiger partial charge in [0.2, 0.25) is 0 Å². The number of rotatable bonds is 2. The smallest absolute Gasteiger partial charge is 0.146 e. The van der Waals surface area contributed by atoms with E-state index in [-0.39, 0.29) is 11.5 Å². The van der Waals surface area contributed by atoms with Crippen molar-refractivity contribution in [2.45, 2.75) is 52.1 Å². The van der Waals surface area contributed by atoms with E-state index in [9.17, 15) is 4.79 Å². The number of aryl methyl sites for hydroxylation is 2. The first-order chi connectivity index (χ1) is 8.60. The average molecular weight is 244 g/mol. The summed E-state index contributed by atoms with van der Waals surface area (Å²) in [6, 6.07) is 6.28. The molecule has 1 aromatic rings. The maximum absolute atomic E-state index is 11.9. The lowest BCUT2D eigenvalue weighted by molar-refractivity contribution is -0.151. The molecule has 2 heteroatoms. The van der Waals surface area contributed by atoms with Crippen molar-refractivity contribution >= 4 is 5.78 Å². The van der Waals surface area contributed by atoms with Gasteiger partial charge in [-0.15, -0.1) is 0 Å². The molecule has 0 N–H and O–H groups in total. The van der Waals surface area contributed by atoms with Crippen molar-refractivity contribution in [2.75, 3.05) is 0 Å². The van der Waals surface area contributed by atoms with Gasteiger partial charge in [-0.2, -0.15) is 0 Å². The number of hydrogen-bond acceptors (Lipinski definition) is 2. The molecule has 0 bridgehead atoms. The highest BCUT2D eigenvalue weighted by atomic mass is 16.5. The van der Waals surface area contributed by atoms with Crippen molar-refractivity contribution in [3.05, 3.63) is 29.3 Å². The number of carbonyl (C=O) groups is 1. The first kappa shape index (κ1) is 11.8. The summed E-state index contributed by atoms with van der Waals surface area (Å²) in [5.74, 6) is 1.35. The Hall–Kier alpha value is -1.31. The minimum Gasteiger partial charge on any atom is -0.489 e. The standard InChI is InChI=1S/C16H20O2/c1-11-7-12(2)9-13(8-11)18-15-10-14(17)16(15)5-3-4-6-16/h7-9,15H,3-6,10H2,1-2H3. The highest BCUT2D eigenvalue weighted by Crippen LogP contribution is 2.52. The third-order valence-corrected chi connectivity index (χ3v) is 4.51. The predicted molar refractivity (Wildman–Crippen MR) is 70.9 cm³/mol. The van der Waals surface area contributed by atoms with E-state index in [0.717, 1.165) is 18.6 Å². The maximum atomic E-state index is 11.9. The molecule has 2 aliphatic carbocycles. The van der Waals surface area contributed by atoms with Gasteiger partial charge in [0.25, 0.3) is 0 Å². The molecular weight excluding hydrogens is 224 g/mol. The number of benzene rings is 1. The quantitative estimate of drug-likeness (QED) is 0.794. The van der Waals surface area contributed by atoms with Crippen molar-refractivity contribution in [2.24, 2.45) is 5.41 Å². The average Bonchev–Trinajstić information content (AvgIpc) is 2.79. The summed E-state index contributed by atoms with van der Waals surface area (Å²) < 4.78 is 6.10. The molecule has 96 valence electrons. The highest BCUT2D eigenvalue weighted by molar-refractivity contribution is 5.92. The monoisotopic (exact) mass is 244 g/mol. The maximum Gasteiger partial charge on any atom is 0.146 e. The fraction of sp³-hybridized carbons (Fsp3) is 0.562. The van der Waals surface area contributed by atoms with Crippen LogP contribution >= 0.6 is 0 Å². The van der Waals surface area contributed by atoms with Gasteiger partial charge >= 0.3 is 0 Å². The molecule has 1 atom stereocenters. The summed E-state index contributed by atoms with van der Waals surface area (Å²) >= 11 is 0. The van der Waals surface area contributed by atoms with E-state index >= 15 is 0 Å². The first-order valence-electron chi connectivity index (χ1n) is 6.88. The molecule has 1 unspecified atom stereocenters. The Morgan fingerprint density at radius 2 is 1.72 bits per heavy atom. The van der Waals surface area contributed by atoms with Crippen LogP contribution in [0.5, 0.6) is 5.75 Å². The minimum absolute atomic E-state index is 0.119. The molecule has 3 rings (SSSR count). The summed E-state index contributed by atoms with van der Waals surface area (Å²) in [5, 5.41) is 0. The molecule has 18 heavy (non-hydrogen) atoms. The van der Waals surface area contributed by atoms with Crippen molar-refractivity contribution in [1.82, 2.24) is 0 Å². The Balaban J connectivity index is 1.79. The van der Waals surface area contributed by atoms with Crippen molar-refractivity contribution in [3.8, 4) is 5.75 Å². The summed E-state index contributed by atoms with van der Waals surface area (Å²) in [5.41, 5.74) is 2.31. The molecule has 1 aromatic carbocycles. The number of carbonyl (C=O) groups excluding carboxylic acids is 1. The van der Waals surface area contributed by atoms with E-state index in [0.29, 0.717) is 12.2 Å². The zero-order valence-electron chi connectivity index (χ0n) is 11.2. The molecule has 0 radical (unpaired) electrons. The second-order valence-corrected chi connectivity index (χ2v) is 5.92. The Morgan fingerprint density at radius 1 is 1.11 bits per heavy atom. The third kappa shape index (κ3) is 1.75. The molecule has 0 saturated heterocycles. The van der Waals surface area contributed by atoms with Crippen LogP contribution in [0.2, 0.25) is 0 Å². The minimum atomic E-state index is -0.127. The molecule has 0 heterocycles. The summed E-state index contributed by atoms with van der Waals surface area (Å²) in [6.45, 7) is 4.16. The van der Waals surface area contributed by atoms with Crippen LogP contribution < -0.4 is 4.74 Å². The number of hydrogen-bond donors (Lipinski definition) is 0. The molecule has 2 nitrogen and oxygen atoms in total. The zero-order chi connectivity index (χ0) is 12.8. The third-order valence-electron chi connectivity index (χ3n) is 4.51. The fourth-order valence-corrected chi connectivity index (χ4v) is 3.54. The van der Waals surface area contributed by atoms with E-state index in [1.165, 1.54) is 24.0 Å². The Bertz CT molecular complexity index is 464. The van der Waals surface area contributed by atoms with Crippen LogP contribution in [0.1, 0.15) is 43.2 Å². The largest absolute Gasteiger partial charge is 0.489 e. The normalized spacial score (nSPS) is 25.2. The summed E-state index contributed by atoms with van der Waals surface area (Å²) in [7, 11) is 0. The van der Waals surface area contributed by atoms with Gasteiger partial charge < -0.3 is 4.74 Å². The second-order valence-electron chi connectivity index (χ2n) is 5.92. The molecule has 2 aliphatic rings. The number of ether oxygens (including phenoxy) is 1. The Labute approximate surface area is 108 Å². The van der Waals surface area contributed by atoms with Crippen LogP contribution in [0, 0.1) is 19.3 Å². The second kappa shape index (κ2) is 4.11. The van der Waals surface area contributed by atoms with E-state index in [4.69, 9.17) is 4.74 Å². The lowest BCUT2D eigenvalue weighted by Gasteiger charge is -2.44. The molecule has 0 amide bonds. The van der Waals surface area contributed by atoms with Gasteiger partial charge in [0.05, 0.1) is 5.41 Å². The van der Waals surface area contributed by atoms with Crippen LogP contribution in [-0.4, -0.2) is 11.9 Å². The van der Waals surface area contributed by atoms with E-state index in [1.54, 1.807) is 0 Å². The molecule has 0 aliphatic heterocycles. The number of Topliss-reactive ketones (excluding diaryl/α,β-unsaturated/α-hetero) is 1. The van der Waals surface area contributed by atoms with Gasteiger partial charge in [0.15, 0.2) is 0 Å². The van der Waals surface area contributed by atoms with Crippen molar-refractivity contribution in [1.29, 1.82) is 0 Å². The first-order valence-corrected chi connectivity index (χ1v) is 6.88. The zero-order valence-corrected chi connectivity index (χ0v) is 11.2. The molecule has 1 spiro atoms. The molecular formula is C16H20O2. The predicted octanol–water partition coefficient (Wildman–Crippen LogP) is 3.58. The van der Waals surface area contributed by atoms with Gasteiger partial charge in [-0.3, -0.25) is 4.79 Å². The van der Waals surface area contributed by atoms with Crippen molar-refractivity contribution < 1.29 is 9.53 Å². The van der Waals surface area contributed by atoms with Gasteiger partial charge in [-0.1, -0.05) is 18.9 Å². The van der Waals surface area contributed by atoms with Crippen LogP contribution in [0.25, 0.3) is 0 Å². The van der Waals surface area contributed by atoms with E-state index < -0.39 is 0 Å². The van der Waals surface area contributed by atoms with E-state index in [2.05, 4.69) is 32.0 Å². The van der Waals surface area contributed by atoms with Gasteiger partial charge in [-0.25, -0.2) is 0 Å². The van der Waals surface area contributed by atoms with Gasteiger partial charge in [0.1, 0.15) is 17.6 Å². The highest BCUT2D eigenvalue weighted by Gasteiger charge is 2.57. The summed E-state index contributed by atoms with van der Waals surface area (Å²) in [4.78, 5) is 11.9. The lowest BCUT2D eigenvalue weighted by Crippen LogP contribution is -2.55. The topological polar surface area (TPSA) is 26.3 Å². The lowest BCUT2D eigenvalue weighted by atomic mass is 9.63. The Morgan fingerprint density at radius 3 is 2.28 bits per heavy atom. The van der Waals surface area contributed by atoms with Gasteiger partial charge in [0, 0.05) is 6.42 Å². The SMILES string of the molecule is Cc1cc(C)cc(OC2CC(=O)C23CCCC3)c1. The molecule has 2 fully saturated rings. The number of ketones is 1.